The van der Waals surface area contributed by atoms with E-state index >= 15 is 0 Å². The van der Waals surface area contributed by atoms with Crippen molar-refractivity contribution in [3.8, 4) is 5.75 Å². The molecule has 0 aliphatic carbocycles. The van der Waals surface area contributed by atoms with E-state index < -0.39 is 0 Å². The first-order chi connectivity index (χ1) is 11.3. The predicted octanol–water partition coefficient (Wildman–Crippen LogP) is 3.17. The minimum absolute atomic E-state index is 0. The number of aliphatic hydroxyl groups excluding tert-OH is 1. The first kappa shape index (κ1) is 23.7. The molecule has 0 radical (unpaired) electrons. The van der Waals surface area contributed by atoms with E-state index in [2.05, 4.69) is 28.8 Å². The number of halogens is 2. The van der Waals surface area contributed by atoms with E-state index in [-0.39, 0.29) is 30.9 Å². The fourth-order valence-electron chi connectivity index (χ4n) is 2.24. The third-order valence-electron chi connectivity index (χ3n) is 3.44. The molecule has 0 saturated heterocycles. The molecule has 2 aromatic carbocycles. The highest BCUT2D eigenvalue weighted by atomic mass is 35.5. The molecule has 0 aliphatic heterocycles. The van der Waals surface area contributed by atoms with Crippen molar-refractivity contribution >= 4 is 24.8 Å². The molecule has 0 fully saturated rings. The highest BCUT2D eigenvalue weighted by Crippen LogP contribution is 2.19. The molecule has 1 atom stereocenters. The maximum atomic E-state index is 9.18. The lowest BCUT2D eigenvalue weighted by molar-refractivity contribution is 0.191. The van der Waals surface area contributed by atoms with Crippen LogP contribution in [-0.2, 0) is 13.2 Å². The summed E-state index contributed by atoms with van der Waals surface area (Å²) in [5, 5.41) is 15.8. The maximum absolute atomic E-state index is 9.18. The number of benzene rings is 2. The lowest BCUT2D eigenvalue weighted by Crippen LogP contribution is -2.31. The molecule has 0 saturated carbocycles. The molecule has 1 unspecified atom stereocenters. The molecule has 6 heteroatoms. The molecule has 0 aliphatic rings. The number of hydrogen-bond acceptors (Lipinski definition) is 4. The first-order valence-corrected chi connectivity index (χ1v) is 8.10. The van der Waals surface area contributed by atoms with Gasteiger partial charge < -0.3 is 20.5 Å². The minimum Gasteiger partial charge on any atom is -0.489 e. The average Bonchev–Trinajstić information content (AvgIpc) is 2.57. The van der Waals surface area contributed by atoms with Gasteiger partial charge in [0.2, 0.25) is 0 Å². The minimum atomic E-state index is -0.304. The van der Waals surface area contributed by atoms with Crippen LogP contribution in [0.25, 0.3) is 0 Å². The van der Waals surface area contributed by atoms with E-state index in [1.165, 1.54) is 0 Å². The molecule has 140 valence electrons. The van der Waals surface area contributed by atoms with Crippen molar-refractivity contribution in [1.82, 2.24) is 10.6 Å². The van der Waals surface area contributed by atoms with Gasteiger partial charge in [0, 0.05) is 31.7 Å². The van der Waals surface area contributed by atoms with Crippen molar-refractivity contribution in [2.24, 2.45) is 0 Å². The quantitative estimate of drug-likeness (QED) is 0.548. The standard InChI is InChI=1S/C19H26N2O2.2ClH/c1-16(22)13-20-11-12-21-14-18-9-5-6-10-19(18)23-15-17-7-3-2-4-8-17;;/h2-10,16,20-22H,11-15H2,1H3;2*1H. The van der Waals surface area contributed by atoms with Crippen molar-refractivity contribution in [3.63, 3.8) is 0 Å². The average molecular weight is 387 g/mol. The van der Waals surface area contributed by atoms with Crippen molar-refractivity contribution < 1.29 is 9.84 Å². The molecule has 0 aromatic heterocycles. The summed E-state index contributed by atoms with van der Waals surface area (Å²) in [7, 11) is 0. The SMILES string of the molecule is CC(O)CNCCNCc1ccccc1OCc1ccccc1.Cl.Cl. The lowest BCUT2D eigenvalue weighted by atomic mass is 10.2. The third-order valence-corrected chi connectivity index (χ3v) is 3.44. The smallest absolute Gasteiger partial charge is 0.124 e. The van der Waals surface area contributed by atoms with E-state index in [1.807, 2.05) is 36.4 Å². The Hall–Kier alpha value is -1.30. The molecule has 2 aromatic rings. The Labute approximate surface area is 162 Å². The van der Waals surface area contributed by atoms with Crippen LogP contribution in [0.15, 0.2) is 54.6 Å². The van der Waals surface area contributed by atoms with Crippen molar-refractivity contribution in [3.05, 3.63) is 65.7 Å². The van der Waals surface area contributed by atoms with Crippen LogP contribution in [-0.4, -0.2) is 30.8 Å². The monoisotopic (exact) mass is 386 g/mol. The van der Waals surface area contributed by atoms with E-state index in [9.17, 15) is 5.11 Å². The molecule has 0 heterocycles. The molecule has 0 bridgehead atoms. The zero-order valence-electron chi connectivity index (χ0n) is 14.5. The van der Waals surface area contributed by atoms with Gasteiger partial charge in [-0.05, 0) is 18.6 Å². The van der Waals surface area contributed by atoms with Crippen LogP contribution in [0, 0.1) is 0 Å². The van der Waals surface area contributed by atoms with E-state index in [0.717, 1.165) is 36.5 Å². The Morgan fingerprint density at radius 1 is 0.920 bits per heavy atom. The van der Waals surface area contributed by atoms with Crippen LogP contribution in [0.5, 0.6) is 5.75 Å². The van der Waals surface area contributed by atoms with Crippen molar-refractivity contribution in [2.75, 3.05) is 19.6 Å². The number of hydrogen-bond donors (Lipinski definition) is 3. The van der Waals surface area contributed by atoms with E-state index in [1.54, 1.807) is 6.92 Å². The molecular formula is C19H28Cl2N2O2. The largest absolute Gasteiger partial charge is 0.489 e. The number of ether oxygens (including phenoxy) is 1. The molecule has 2 rings (SSSR count). The van der Waals surface area contributed by atoms with Crippen LogP contribution in [0.3, 0.4) is 0 Å². The van der Waals surface area contributed by atoms with Gasteiger partial charge in [-0.1, -0.05) is 48.5 Å². The van der Waals surface area contributed by atoms with Gasteiger partial charge in [0.15, 0.2) is 0 Å². The fraction of sp³-hybridized carbons (Fsp3) is 0.368. The molecule has 3 N–H and O–H groups in total. The summed E-state index contributed by atoms with van der Waals surface area (Å²) < 4.78 is 5.94. The lowest BCUT2D eigenvalue weighted by Gasteiger charge is -2.13. The Morgan fingerprint density at radius 3 is 2.28 bits per heavy atom. The summed E-state index contributed by atoms with van der Waals surface area (Å²) in [5.74, 6) is 0.917. The molecule has 0 amide bonds. The van der Waals surface area contributed by atoms with Gasteiger partial charge in [-0.15, -0.1) is 24.8 Å². The number of para-hydroxylation sites is 1. The topological polar surface area (TPSA) is 53.5 Å². The Bertz CT molecular complexity index is 568. The second-order valence-electron chi connectivity index (χ2n) is 5.61. The predicted molar refractivity (Wildman–Crippen MR) is 108 cm³/mol. The van der Waals surface area contributed by atoms with Gasteiger partial charge in [-0.3, -0.25) is 0 Å². The zero-order valence-corrected chi connectivity index (χ0v) is 16.1. The summed E-state index contributed by atoms with van der Waals surface area (Å²) in [6, 6.07) is 18.3. The normalized spacial score (nSPS) is 11.1. The second-order valence-corrected chi connectivity index (χ2v) is 5.61. The zero-order chi connectivity index (χ0) is 16.3. The first-order valence-electron chi connectivity index (χ1n) is 8.10. The number of aliphatic hydroxyl groups is 1. The Balaban J connectivity index is 0.00000288. The van der Waals surface area contributed by atoms with Crippen molar-refractivity contribution in [1.29, 1.82) is 0 Å². The number of nitrogens with one attached hydrogen (secondary N) is 2. The van der Waals surface area contributed by atoms with Gasteiger partial charge in [-0.25, -0.2) is 0 Å². The van der Waals surface area contributed by atoms with Crippen LogP contribution >= 0.6 is 24.8 Å². The maximum Gasteiger partial charge on any atom is 0.124 e. The van der Waals surface area contributed by atoms with Gasteiger partial charge in [0.1, 0.15) is 12.4 Å². The Morgan fingerprint density at radius 2 is 1.56 bits per heavy atom. The molecule has 4 nitrogen and oxygen atoms in total. The van der Waals surface area contributed by atoms with Gasteiger partial charge in [0.25, 0.3) is 0 Å². The number of rotatable bonds is 10. The molecular weight excluding hydrogens is 359 g/mol. The highest BCUT2D eigenvalue weighted by Gasteiger charge is 2.03. The van der Waals surface area contributed by atoms with Gasteiger partial charge in [-0.2, -0.15) is 0 Å². The summed E-state index contributed by atoms with van der Waals surface area (Å²) in [6.45, 7) is 5.42. The van der Waals surface area contributed by atoms with E-state index in [4.69, 9.17) is 4.74 Å². The van der Waals surface area contributed by atoms with Crippen LogP contribution in [0.2, 0.25) is 0 Å². The van der Waals surface area contributed by atoms with Gasteiger partial charge in [0.05, 0.1) is 6.10 Å². The highest BCUT2D eigenvalue weighted by molar-refractivity contribution is 5.85. The summed E-state index contributed by atoms with van der Waals surface area (Å²) in [6.07, 6.45) is -0.304. The van der Waals surface area contributed by atoms with Crippen LogP contribution in [0.4, 0.5) is 0 Å². The molecule has 25 heavy (non-hydrogen) atoms. The van der Waals surface area contributed by atoms with Gasteiger partial charge >= 0.3 is 0 Å². The second kappa shape index (κ2) is 13.9. The summed E-state index contributed by atoms with van der Waals surface area (Å²) in [5.41, 5.74) is 2.32. The third kappa shape index (κ3) is 9.68. The Kier molecular flexibility index (Phi) is 13.2. The summed E-state index contributed by atoms with van der Waals surface area (Å²) in [4.78, 5) is 0. The van der Waals surface area contributed by atoms with Crippen LogP contribution in [0.1, 0.15) is 18.1 Å². The van der Waals surface area contributed by atoms with Crippen LogP contribution < -0.4 is 15.4 Å². The summed E-state index contributed by atoms with van der Waals surface area (Å²) >= 11 is 0. The molecule has 0 spiro atoms. The van der Waals surface area contributed by atoms with Crippen molar-refractivity contribution in [2.45, 2.75) is 26.2 Å². The van der Waals surface area contributed by atoms with E-state index in [0.29, 0.717) is 13.2 Å². The fourth-order valence-corrected chi connectivity index (χ4v) is 2.24.